The number of ether oxygens (including phenoxy) is 1. The number of hydrogen-bond acceptors (Lipinski definition) is 3. The van der Waals surface area contributed by atoms with Crippen molar-refractivity contribution in [1.29, 1.82) is 0 Å². The zero-order chi connectivity index (χ0) is 9.68. The molecule has 1 rings (SSSR count). The highest BCUT2D eigenvalue weighted by Crippen LogP contribution is 2.08. The van der Waals surface area contributed by atoms with Crippen molar-refractivity contribution in [2.45, 2.75) is 20.4 Å². The Labute approximate surface area is 78.9 Å². The fraction of sp³-hybridized carbons (Fsp3) is 0.500. The molecule has 1 aromatic heterocycles. The first kappa shape index (κ1) is 9.99. The summed E-state index contributed by atoms with van der Waals surface area (Å²) in [6.07, 6.45) is 1.75. The van der Waals surface area contributed by atoms with Crippen molar-refractivity contribution < 1.29 is 4.74 Å². The Morgan fingerprint density at radius 1 is 1.46 bits per heavy atom. The fourth-order valence-corrected chi connectivity index (χ4v) is 0.869. The molecule has 0 unspecified atom stereocenters. The van der Waals surface area contributed by atoms with Crippen LogP contribution in [-0.2, 0) is 6.54 Å². The van der Waals surface area contributed by atoms with Crippen molar-refractivity contribution in [2.24, 2.45) is 11.7 Å². The van der Waals surface area contributed by atoms with E-state index in [0.29, 0.717) is 24.9 Å². The average molecular weight is 180 g/mol. The highest BCUT2D eigenvalue weighted by Gasteiger charge is 1.97. The molecule has 0 saturated carbocycles. The number of pyridine rings is 1. The summed E-state index contributed by atoms with van der Waals surface area (Å²) in [6, 6.07) is 3.78. The van der Waals surface area contributed by atoms with E-state index in [-0.39, 0.29) is 0 Å². The van der Waals surface area contributed by atoms with E-state index in [9.17, 15) is 0 Å². The molecule has 0 radical (unpaired) electrons. The number of rotatable bonds is 4. The highest BCUT2D eigenvalue weighted by molar-refractivity contribution is 5.17. The number of hydrogen-bond donors (Lipinski definition) is 1. The van der Waals surface area contributed by atoms with Crippen LogP contribution in [0.2, 0.25) is 0 Å². The normalized spacial score (nSPS) is 10.5. The van der Waals surface area contributed by atoms with Gasteiger partial charge < -0.3 is 10.5 Å². The van der Waals surface area contributed by atoms with Gasteiger partial charge in [0.1, 0.15) is 0 Å². The predicted molar refractivity (Wildman–Crippen MR) is 52.5 cm³/mol. The molecule has 0 bridgehead atoms. The molecule has 0 aliphatic carbocycles. The summed E-state index contributed by atoms with van der Waals surface area (Å²) in [6.45, 7) is 5.44. The third-order valence-electron chi connectivity index (χ3n) is 1.60. The van der Waals surface area contributed by atoms with E-state index in [1.54, 1.807) is 6.20 Å². The van der Waals surface area contributed by atoms with Crippen molar-refractivity contribution in [3.8, 4) is 5.88 Å². The molecule has 3 heteroatoms. The summed E-state index contributed by atoms with van der Waals surface area (Å²) >= 11 is 0. The molecule has 0 spiro atoms. The third kappa shape index (κ3) is 3.42. The van der Waals surface area contributed by atoms with Gasteiger partial charge in [-0.2, -0.15) is 0 Å². The van der Waals surface area contributed by atoms with Gasteiger partial charge in [0.05, 0.1) is 6.61 Å². The van der Waals surface area contributed by atoms with Gasteiger partial charge >= 0.3 is 0 Å². The molecule has 13 heavy (non-hydrogen) atoms. The van der Waals surface area contributed by atoms with E-state index in [1.165, 1.54) is 0 Å². The quantitative estimate of drug-likeness (QED) is 0.765. The standard InChI is InChI=1S/C10H16N2O/c1-8(2)7-13-10-4-3-9(5-11)6-12-10/h3-4,6,8H,5,7,11H2,1-2H3. The zero-order valence-electron chi connectivity index (χ0n) is 8.16. The monoisotopic (exact) mass is 180 g/mol. The topological polar surface area (TPSA) is 48.1 Å². The van der Waals surface area contributed by atoms with Crippen LogP contribution in [0.5, 0.6) is 5.88 Å². The Morgan fingerprint density at radius 2 is 2.23 bits per heavy atom. The van der Waals surface area contributed by atoms with Gasteiger partial charge in [0.15, 0.2) is 0 Å². The van der Waals surface area contributed by atoms with Crippen LogP contribution in [0.4, 0.5) is 0 Å². The summed E-state index contributed by atoms with van der Waals surface area (Å²) in [4.78, 5) is 4.12. The van der Waals surface area contributed by atoms with Crippen molar-refractivity contribution in [2.75, 3.05) is 6.61 Å². The first-order valence-corrected chi connectivity index (χ1v) is 4.50. The molecule has 0 amide bonds. The van der Waals surface area contributed by atoms with Crippen LogP contribution >= 0.6 is 0 Å². The molecule has 3 nitrogen and oxygen atoms in total. The molecule has 72 valence electrons. The van der Waals surface area contributed by atoms with Gasteiger partial charge in [0.2, 0.25) is 5.88 Å². The molecule has 0 aliphatic rings. The Morgan fingerprint density at radius 3 is 2.69 bits per heavy atom. The van der Waals surface area contributed by atoms with Crippen molar-refractivity contribution >= 4 is 0 Å². The lowest BCUT2D eigenvalue weighted by Crippen LogP contribution is -2.06. The van der Waals surface area contributed by atoms with E-state index in [4.69, 9.17) is 10.5 Å². The van der Waals surface area contributed by atoms with Gasteiger partial charge in [-0.25, -0.2) is 4.98 Å². The van der Waals surface area contributed by atoms with Crippen molar-refractivity contribution in [1.82, 2.24) is 4.98 Å². The summed E-state index contributed by atoms with van der Waals surface area (Å²) in [7, 11) is 0. The maximum Gasteiger partial charge on any atom is 0.213 e. The lowest BCUT2D eigenvalue weighted by Gasteiger charge is -2.07. The van der Waals surface area contributed by atoms with Crippen LogP contribution in [0, 0.1) is 5.92 Å². The van der Waals surface area contributed by atoms with E-state index >= 15 is 0 Å². The van der Waals surface area contributed by atoms with Gasteiger partial charge in [-0.3, -0.25) is 0 Å². The Balaban J connectivity index is 2.49. The summed E-state index contributed by atoms with van der Waals surface area (Å²) in [5.74, 6) is 1.20. The Hall–Kier alpha value is -1.09. The first-order valence-electron chi connectivity index (χ1n) is 4.50. The predicted octanol–water partition coefficient (Wildman–Crippen LogP) is 1.58. The van der Waals surface area contributed by atoms with Gasteiger partial charge in [-0.1, -0.05) is 19.9 Å². The average Bonchev–Trinajstić information content (AvgIpc) is 2.15. The number of nitrogens with two attached hydrogens (primary N) is 1. The second-order valence-electron chi connectivity index (χ2n) is 3.41. The molecule has 1 heterocycles. The second kappa shape index (κ2) is 4.82. The lowest BCUT2D eigenvalue weighted by molar-refractivity contribution is 0.261. The highest BCUT2D eigenvalue weighted by atomic mass is 16.5. The minimum atomic E-state index is 0.524. The number of nitrogens with zero attached hydrogens (tertiary/aromatic N) is 1. The van der Waals surface area contributed by atoms with Gasteiger partial charge in [0, 0.05) is 18.8 Å². The molecule has 0 saturated heterocycles. The Bertz CT molecular complexity index is 244. The minimum Gasteiger partial charge on any atom is -0.477 e. The molecule has 0 aliphatic heterocycles. The summed E-state index contributed by atoms with van der Waals surface area (Å²) in [5.41, 5.74) is 6.47. The molecule has 0 fully saturated rings. The molecule has 0 atom stereocenters. The molecular weight excluding hydrogens is 164 g/mol. The summed E-state index contributed by atoms with van der Waals surface area (Å²) in [5, 5.41) is 0. The summed E-state index contributed by atoms with van der Waals surface area (Å²) < 4.78 is 5.41. The van der Waals surface area contributed by atoms with Crippen LogP contribution in [0.1, 0.15) is 19.4 Å². The van der Waals surface area contributed by atoms with Crippen molar-refractivity contribution in [3.05, 3.63) is 23.9 Å². The zero-order valence-corrected chi connectivity index (χ0v) is 8.16. The first-order chi connectivity index (χ1) is 6.22. The van der Waals surface area contributed by atoms with Crippen LogP contribution in [-0.4, -0.2) is 11.6 Å². The molecule has 0 aromatic carbocycles. The van der Waals surface area contributed by atoms with E-state index in [1.807, 2.05) is 12.1 Å². The molecule has 2 N–H and O–H groups in total. The van der Waals surface area contributed by atoms with Gasteiger partial charge in [-0.15, -0.1) is 0 Å². The lowest BCUT2D eigenvalue weighted by atomic mass is 10.2. The van der Waals surface area contributed by atoms with Gasteiger partial charge in [0.25, 0.3) is 0 Å². The fourth-order valence-electron chi connectivity index (χ4n) is 0.869. The van der Waals surface area contributed by atoms with E-state index < -0.39 is 0 Å². The number of aromatic nitrogens is 1. The maximum atomic E-state index is 5.44. The smallest absolute Gasteiger partial charge is 0.213 e. The van der Waals surface area contributed by atoms with Crippen LogP contribution in [0.3, 0.4) is 0 Å². The maximum absolute atomic E-state index is 5.44. The van der Waals surface area contributed by atoms with Crippen LogP contribution in [0.25, 0.3) is 0 Å². The van der Waals surface area contributed by atoms with E-state index in [2.05, 4.69) is 18.8 Å². The van der Waals surface area contributed by atoms with E-state index in [0.717, 1.165) is 5.56 Å². The second-order valence-corrected chi connectivity index (χ2v) is 3.41. The van der Waals surface area contributed by atoms with Crippen LogP contribution < -0.4 is 10.5 Å². The Kier molecular flexibility index (Phi) is 3.71. The molecule has 1 aromatic rings. The van der Waals surface area contributed by atoms with Gasteiger partial charge in [-0.05, 0) is 11.5 Å². The van der Waals surface area contributed by atoms with Crippen LogP contribution in [0.15, 0.2) is 18.3 Å². The molecular formula is C10H16N2O. The largest absolute Gasteiger partial charge is 0.477 e. The SMILES string of the molecule is CC(C)COc1ccc(CN)cn1. The minimum absolute atomic E-state index is 0.524. The van der Waals surface area contributed by atoms with Crippen molar-refractivity contribution in [3.63, 3.8) is 0 Å². The third-order valence-corrected chi connectivity index (χ3v) is 1.60.